The van der Waals surface area contributed by atoms with Crippen LogP contribution < -0.4 is 0 Å². The van der Waals surface area contributed by atoms with Crippen molar-refractivity contribution in [3.05, 3.63) is 28.8 Å². The van der Waals surface area contributed by atoms with E-state index in [0.29, 0.717) is 5.56 Å². The lowest BCUT2D eigenvalue weighted by atomic mass is 9.78. The van der Waals surface area contributed by atoms with Gasteiger partial charge in [-0.15, -0.1) is 0 Å². The molecule has 0 saturated heterocycles. The van der Waals surface area contributed by atoms with Crippen LogP contribution in [0.25, 0.3) is 0 Å². The lowest BCUT2D eigenvalue weighted by Gasteiger charge is -2.29. The van der Waals surface area contributed by atoms with Crippen molar-refractivity contribution in [1.82, 2.24) is 0 Å². The largest absolute Gasteiger partial charge is 0.507 e. The summed E-state index contributed by atoms with van der Waals surface area (Å²) in [4.78, 5) is 11.9. The maximum absolute atomic E-state index is 11.9. The Labute approximate surface area is 133 Å². The van der Waals surface area contributed by atoms with Crippen LogP contribution >= 0.6 is 0 Å². The number of hydrogen-bond acceptors (Lipinski definition) is 4. The Morgan fingerprint density at radius 1 is 1.00 bits per heavy atom. The van der Waals surface area contributed by atoms with Crippen LogP contribution in [0.4, 0.5) is 0 Å². The van der Waals surface area contributed by atoms with E-state index in [1.165, 1.54) is 14.2 Å². The number of benzene rings is 1. The first kappa shape index (κ1) is 18.5. The number of phenolic OH excluding ortho intramolecular Hbond substituents is 1. The molecule has 1 N–H and O–H groups in total. The summed E-state index contributed by atoms with van der Waals surface area (Å²) in [7, 11) is 2.81. The second-order valence-corrected chi connectivity index (χ2v) is 7.60. The van der Waals surface area contributed by atoms with Gasteiger partial charge in [0.2, 0.25) is 0 Å². The van der Waals surface area contributed by atoms with Crippen molar-refractivity contribution in [3.63, 3.8) is 0 Å². The minimum absolute atomic E-state index is 0.255. The van der Waals surface area contributed by atoms with E-state index in [0.717, 1.165) is 11.1 Å². The highest BCUT2D eigenvalue weighted by atomic mass is 16.6. The van der Waals surface area contributed by atoms with E-state index in [4.69, 9.17) is 9.47 Å². The average Bonchev–Trinajstić information content (AvgIpc) is 2.38. The molecule has 4 nitrogen and oxygen atoms in total. The van der Waals surface area contributed by atoms with Crippen LogP contribution in [0.2, 0.25) is 0 Å². The minimum Gasteiger partial charge on any atom is -0.507 e. The normalized spacial score (nSPS) is 13.8. The number of rotatable bonds is 3. The first-order valence-electron chi connectivity index (χ1n) is 7.42. The van der Waals surface area contributed by atoms with Gasteiger partial charge in [0, 0.05) is 7.11 Å². The van der Waals surface area contributed by atoms with E-state index in [9.17, 15) is 9.90 Å². The van der Waals surface area contributed by atoms with Gasteiger partial charge in [-0.25, -0.2) is 4.79 Å². The maximum Gasteiger partial charge on any atom is 0.339 e. The van der Waals surface area contributed by atoms with E-state index in [1.807, 2.05) is 53.7 Å². The van der Waals surface area contributed by atoms with Crippen molar-refractivity contribution in [2.24, 2.45) is 0 Å². The predicted octanol–water partition coefficient (Wildman–Crippen LogP) is 3.85. The third kappa shape index (κ3) is 3.80. The molecule has 0 radical (unpaired) electrons. The van der Waals surface area contributed by atoms with Crippen LogP contribution in [-0.2, 0) is 25.1 Å². The fourth-order valence-electron chi connectivity index (χ4n) is 2.43. The molecule has 1 atom stereocenters. The van der Waals surface area contributed by atoms with Crippen molar-refractivity contribution in [2.45, 2.75) is 58.5 Å². The molecule has 0 aliphatic heterocycles. The highest BCUT2D eigenvalue weighted by molar-refractivity contribution is 5.77. The monoisotopic (exact) mass is 308 g/mol. The smallest absolute Gasteiger partial charge is 0.339 e. The van der Waals surface area contributed by atoms with E-state index in [-0.39, 0.29) is 16.6 Å². The Morgan fingerprint density at radius 3 is 1.68 bits per heavy atom. The molecule has 1 aromatic rings. The summed E-state index contributed by atoms with van der Waals surface area (Å²) in [5.41, 5.74) is 1.77. The number of carbonyl (C=O) groups excluding carboxylic acids is 1. The second kappa shape index (κ2) is 6.29. The zero-order valence-corrected chi connectivity index (χ0v) is 14.9. The van der Waals surface area contributed by atoms with Gasteiger partial charge in [0.05, 0.1) is 7.11 Å². The fraction of sp³-hybridized carbons (Fsp3) is 0.611. The number of aromatic hydroxyl groups is 1. The molecule has 124 valence electrons. The average molecular weight is 308 g/mol. The molecule has 0 unspecified atom stereocenters. The summed E-state index contributed by atoms with van der Waals surface area (Å²) < 4.78 is 10.1. The van der Waals surface area contributed by atoms with Gasteiger partial charge < -0.3 is 14.6 Å². The van der Waals surface area contributed by atoms with E-state index in [1.54, 1.807) is 0 Å². The quantitative estimate of drug-likeness (QED) is 0.862. The minimum atomic E-state index is -0.798. The summed E-state index contributed by atoms with van der Waals surface area (Å²) in [6, 6.07) is 3.66. The number of methoxy groups -OCH3 is 2. The molecule has 1 aromatic carbocycles. The summed E-state index contributed by atoms with van der Waals surface area (Å²) >= 11 is 0. The van der Waals surface area contributed by atoms with Gasteiger partial charge in [0.1, 0.15) is 5.75 Å². The summed E-state index contributed by atoms with van der Waals surface area (Å²) in [6.45, 7) is 12.2. The third-order valence-electron chi connectivity index (χ3n) is 3.70. The summed E-state index contributed by atoms with van der Waals surface area (Å²) in [5.74, 6) is -0.170. The van der Waals surface area contributed by atoms with Gasteiger partial charge in [-0.3, -0.25) is 0 Å². The lowest BCUT2D eigenvalue weighted by Crippen LogP contribution is -2.21. The summed E-state index contributed by atoms with van der Waals surface area (Å²) in [5, 5.41) is 10.7. The Morgan fingerprint density at radius 2 is 1.41 bits per heavy atom. The lowest BCUT2D eigenvalue weighted by molar-refractivity contribution is -0.152. The van der Waals surface area contributed by atoms with Crippen LogP contribution in [0, 0.1) is 0 Å². The predicted molar refractivity (Wildman–Crippen MR) is 87.3 cm³/mol. The van der Waals surface area contributed by atoms with Gasteiger partial charge in [0.25, 0.3) is 0 Å². The van der Waals surface area contributed by atoms with Crippen molar-refractivity contribution in [2.75, 3.05) is 14.2 Å². The van der Waals surface area contributed by atoms with Crippen LogP contribution in [0.3, 0.4) is 0 Å². The van der Waals surface area contributed by atoms with Crippen LogP contribution in [0.1, 0.15) is 64.3 Å². The van der Waals surface area contributed by atoms with Gasteiger partial charge >= 0.3 is 5.97 Å². The second-order valence-electron chi connectivity index (χ2n) is 7.60. The Balaban J connectivity index is 3.64. The van der Waals surface area contributed by atoms with E-state index >= 15 is 0 Å². The molecule has 0 amide bonds. The standard InChI is InChI=1S/C18H28O4/c1-17(2,3)12-9-11(15(21-7)16(20)22-8)10-13(14(12)19)18(4,5)6/h9-10,15,19H,1-8H3/t15-/m1/s1. The molecule has 1 rings (SSSR count). The molecule has 0 aromatic heterocycles. The first-order valence-corrected chi connectivity index (χ1v) is 7.42. The molecular weight excluding hydrogens is 280 g/mol. The van der Waals surface area contributed by atoms with Crippen molar-refractivity contribution in [1.29, 1.82) is 0 Å². The van der Waals surface area contributed by atoms with Gasteiger partial charge in [0.15, 0.2) is 6.10 Å². The molecule has 0 spiro atoms. The number of phenols is 1. The van der Waals surface area contributed by atoms with Crippen molar-refractivity contribution in [3.8, 4) is 5.75 Å². The van der Waals surface area contributed by atoms with E-state index in [2.05, 4.69) is 0 Å². The molecule has 22 heavy (non-hydrogen) atoms. The highest BCUT2D eigenvalue weighted by Crippen LogP contribution is 2.41. The third-order valence-corrected chi connectivity index (χ3v) is 3.70. The highest BCUT2D eigenvalue weighted by Gasteiger charge is 2.30. The van der Waals surface area contributed by atoms with Gasteiger partial charge in [-0.2, -0.15) is 0 Å². The van der Waals surface area contributed by atoms with Crippen LogP contribution in [0.5, 0.6) is 5.75 Å². The molecule has 0 aliphatic rings. The first-order chi connectivity index (χ1) is 9.93. The number of hydrogen-bond donors (Lipinski definition) is 1. The van der Waals surface area contributed by atoms with E-state index < -0.39 is 12.1 Å². The zero-order chi connectivity index (χ0) is 17.3. The van der Waals surface area contributed by atoms with Crippen LogP contribution in [-0.4, -0.2) is 25.3 Å². The van der Waals surface area contributed by atoms with Crippen LogP contribution in [0.15, 0.2) is 12.1 Å². The fourth-order valence-corrected chi connectivity index (χ4v) is 2.43. The molecule has 0 heterocycles. The zero-order valence-electron chi connectivity index (χ0n) is 14.9. The Bertz CT molecular complexity index is 512. The number of ether oxygens (including phenoxy) is 2. The SMILES string of the molecule is COC(=O)[C@H](OC)c1cc(C(C)(C)C)c(O)c(C(C)(C)C)c1. The Hall–Kier alpha value is -1.55. The molecule has 0 bridgehead atoms. The molecule has 4 heteroatoms. The Kier molecular flexibility index (Phi) is 5.29. The van der Waals surface area contributed by atoms with Crippen molar-refractivity contribution >= 4 is 5.97 Å². The van der Waals surface area contributed by atoms with Gasteiger partial charge in [-0.05, 0) is 39.7 Å². The van der Waals surface area contributed by atoms with Gasteiger partial charge in [-0.1, -0.05) is 41.5 Å². The molecule has 0 fully saturated rings. The topological polar surface area (TPSA) is 55.8 Å². The molecule has 0 saturated carbocycles. The number of carbonyl (C=O) groups is 1. The molecular formula is C18H28O4. The summed E-state index contributed by atoms with van der Waals surface area (Å²) in [6.07, 6.45) is -0.798. The number of esters is 1. The maximum atomic E-state index is 11.9. The van der Waals surface area contributed by atoms with Crippen molar-refractivity contribution < 1.29 is 19.4 Å². The molecule has 0 aliphatic carbocycles.